The summed E-state index contributed by atoms with van der Waals surface area (Å²) in [5.74, 6) is 1.09. The molecule has 1 saturated heterocycles. The number of nitrogens with zero attached hydrogens (tertiary/aromatic N) is 1. The standard InChI is InChI=1S/C14H18N2O/c1-14-9-15-6-5-12(14)16-7-8-17-11-4-2-3-10(14)13(11)16/h2-4,12,15H,5-9H2,1H3. The zero-order valence-electron chi connectivity index (χ0n) is 10.2. The Balaban J connectivity index is 1.95. The first-order chi connectivity index (χ1) is 8.31. The van der Waals surface area contributed by atoms with Crippen molar-refractivity contribution in [3.8, 4) is 5.75 Å². The number of hydrogen-bond acceptors (Lipinski definition) is 3. The fraction of sp³-hybridized carbons (Fsp3) is 0.571. The van der Waals surface area contributed by atoms with Gasteiger partial charge in [-0.25, -0.2) is 0 Å². The molecule has 0 radical (unpaired) electrons. The molecule has 0 amide bonds. The molecule has 2 atom stereocenters. The first-order valence-electron chi connectivity index (χ1n) is 6.54. The third-order valence-corrected chi connectivity index (χ3v) is 4.69. The summed E-state index contributed by atoms with van der Waals surface area (Å²) in [5, 5.41) is 3.55. The molecule has 1 aromatic carbocycles. The predicted octanol–water partition coefficient (Wildman–Crippen LogP) is 1.52. The van der Waals surface area contributed by atoms with Crippen molar-refractivity contribution in [3.05, 3.63) is 23.8 Å². The first-order valence-corrected chi connectivity index (χ1v) is 6.54. The molecule has 3 aliphatic rings. The molecule has 1 fully saturated rings. The second-order valence-corrected chi connectivity index (χ2v) is 5.59. The van der Waals surface area contributed by atoms with Crippen LogP contribution in [0.4, 0.5) is 5.69 Å². The van der Waals surface area contributed by atoms with E-state index in [-0.39, 0.29) is 5.41 Å². The number of piperidine rings is 1. The van der Waals surface area contributed by atoms with E-state index in [0.717, 1.165) is 32.0 Å². The number of rotatable bonds is 0. The molecule has 0 aliphatic carbocycles. The number of benzene rings is 1. The van der Waals surface area contributed by atoms with Crippen LogP contribution in [0.2, 0.25) is 0 Å². The maximum Gasteiger partial charge on any atom is 0.143 e. The quantitative estimate of drug-likeness (QED) is 0.731. The van der Waals surface area contributed by atoms with Crippen molar-refractivity contribution in [3.63, 3.8) is 0 Å². The second-order valence-electron chi connectivity index (χ2n) is 5.59. The highest BCUT2D eigenvalue weighted by Gasteiger charge is 2.50. The molecular formula is C14H18N2O. The minimum absolute atomic E-state index is 0.261. The van der Waals surface area contributed by atoms with Crippen LogP contribution in [0.1, 0.15) is 18.9 Å². The highest BCUT2D eigenvalue weighted by molar-refractivity contribution is 5.73. The lowest BCUT2D eigenvalue weighted by Gasteiger charge is -2.41. The topological polar surface area (TPSA) is 24.5 Å². The van der Waals surface area contributed by atoms with Crippen LogP contribution < -0.4 is 15.0 Å². The Hall–Kier alpha value is -1.22. The Morgan fingerprint density at radius 1 is 1.47 bits per heavy atom. The third kappa shape index (κ3) is 1.10. The lowest BCUT2D eigenvalue weighted by Crippen LogP contribution is -2.55. The zero-order chi connectivity index (χ0) is 11.5. The Bertz CT molecular complexity index is 473. The van der Waals surface area contributed by atoms with E-state index in [2.05, 4.69) is 35.3 Å². The molecule has 3 heterocycles. The van der Waals surface area contributed by atoms with Crippen molar-refractivity contribution >= 4 is 5.69 Å². The van der Waals surface area contributed by atoms with E-state index in [9.17, 15) is 0 Å². The van der Waals surface area contributed by atoms with Crippen molar-refractivity contribution in [2.75, 3.05) is 31.1 Å². The molecule has 1 aromatic rings. The van der Waals surface area contributed by atoms with Gasteiger partial charge in [-0.3, -0.25) is 0 Å². The summed E-state index contributed by atoms with van der Waals surface area (Å²) in [6.45, 7) is 6.50. The molecule has 1 N–H and O–H groups in total. The van der Waals surface area contributed by atoms with Gasteiger partial charge < -0.3 is 15.0 Å². The molecule has 0 spiro atoms. The lowest BCUT2D eigenvalue weighted by atomic mass is 9.75. The summed E-state index contributed by atoms with van der Waals surface area (Å²) in [6.07, 6.45) is 1.24. The van der Waals surface area contributed by atoms with Gasteiger partial charge in [0.15, 0.2) is 0 Å². The van der Waals surface area contributed by atoms with Gasteiger partial charge in [0.1, 0.15) is 12.4 Å². The van der Waals surface area contributed by atoms with E-state index in [1.54, 1.807) is 0 Å². The average molecular weight is 230 g/mol. The van der Waals surface area contributed by atoms with Gasteiger partial charge in [0.25, 0.3) is 0 Å². The normalized spacial score (nSPS) is 33.9. The predicted molar refractivity (Wildman–Crippen MR) is 67.9 cm³/mol. The number of nitrogens with one attached hydrogen (secondary N) is 1. The van der Waals surface area contributed by atoms with E-state index in [1.165, 1.54) is 17.7 Å². The van der Waals surface area contributed by atoms with Gasteiger partial charge in [-0.05, 0) is 24.6 Å². The van der Waals surface area contributed by atoms with Crippen molar-refractivity contribution < 1.29 is 4.74 Å². The summed E-state index contributed by atoms with van der Waals surface area (Å²) >= 11 is 0. The largest absolute Gasteiger partial charge is 0.490 e. The highest BCUT2D eigenvalue weighted by atomic mass is 16.5. The van der Waals surface area contributed by atoms with Crippen molar-refractivity contribution in [1.82, 2.24) is 5.32 Å². The molecule has 0 aromatic heterocycles. The van der Waals surface area contributed by atoms with Crippen LogP contribution in [0, 0.1) is 0 Å². The summed E-state index contributed by atoms with van der Waals surface area (Å²) < 4.78 is 5.80. The second kappa shape index (κ2) is 3.16. The Labute approximate surface area is 102 Å². The summed E-state index contributed by atoms with van der Waals surface area (Å²) in [7, 11) is 0. The zero-order valence-corrected chi connectivity index (χ0v) is 10.2. The summed E-state index contributed by atoms with van der Waals surface area (Å²) in [5.41, 5.74) is 3.11. The van der Waals surface area contributed by atoms with Crippen LogP contribution in [0.25, 0.3) is 0 Å². The van der Waals surface area contributed by atoms with Gasteiger partial charge in [0.2, 0.25) is 0 Å². The molecular weight excluding hydrogens is 212 g/mol. The molecule has 90 valence electrons. The number of para-hydroxylation sites is 1. The Morgan fingerprint density at radius 3 is 3.35 bits per heavy atom. The number of hydrogen-bond donors (Lipinski definition) is 1. The van der Waals surface area contributed by atoms with E-state index in [0.29, 0.717) is 6.04 Å². The molecule has 2 unspecified atom stereocenters. The van der Waals surface area contributed by atoms with E-state index in [4.69, 9.17) is 4.74 Å². The van der Waals surface area contributed by atoms with E-state index >= 15 is 0 Å². The van der Waals surface area contributed by atoms with Crippen LogP contribution in [0.3, 0.4) is 0 Å². The molecule has 3 nitrogen and oxygen atoms in total. The SMILES string of the molecule is CC12CNCCC1N1CCOc3cccc2c31. The smallest absolute Gasteiger partial charge is 0.143 e. The van der Waals surface area contributed by atoms with Gasteiger partial charge in [0.05, 0.1) is 12.2 Å². The van der Waals surface area contributed by atoms with Gasteiger partial charge in [0, 0.05) is 18.0 Å². The van der Waals surface area contributed by atoms with E-state index < -0.39 is 0 Å². The fourth-order valence-electron chi connectivity index (χ4n) is 3.87. The number of fused-ring (bicyclic) bond motifs is 3. The fourth-order valence-corrected chi connectivity index (χ4v) is 3.87. The number of anilines is 1. The van der Waals surface area contributed by atoms with Gasteiger partial charge in [-0.2, -0.15) is 0 Å². The maximum atomic E-state index is 5.80. The highest BCUT2D eigenvalue weighted by Crippen LogP contribution is 2.52. The average Bonchev–Trinajstić information content (AvgIpc) is 2.63. The summed E-state index contributed by atoms with van der Waals surface area (Å²) in [4.78, 5) is 2.59. The van der Waals surface area contributed by atoms with E-state index in [1.807, 2.05) is 0 Å². The molecule has 4 rings (SSSR count). The number of ether oxygens (including phenoxy) is 1. The molecule has 3 heteroatoms. The van der Waals surface area contributed by atoms with Crippen LogP contribution in [0.5, 0.6) is 5.75 Å². The minimum Gasteiger partial charge on any atom is -0.490 e. The third-order valence-electron chi connectivity index (χ3n) is 4.69. The molecule has 0 saturated carbocycles. The van der Waals surface area contributed by atoms with Crippen LogP contribution in [0.15, 0.2) is 18.2 Å². The Morgan fingerprint density at radius 2 is 2.41 bits per heavy atom. The van der Waals surface area contributed by atoms with Gasteiger partial charge in [-0.15, -0.1) is 0 Å². The Kier molecular flexibility index (Phi) is 1.82. The molecule has 0 bridgehead atoms. The lowest BCUT2D eigenvalue weighted by molar-refractivity contribution is 0.267. The molecule has 3 aliphatic heterocycles. The van der Waals surface area contributed by atoms with Crippen LogP contribution in [-0.4, -0.2) is 32.3 Å². The van der Waals surface area contributed by atoms with Crippen LogP contribution in [-0.2, 0) is 5.41 Å². The first kappa shape index (κ1) is 9.77. The monoisotopic (exact) mass is 230 g/mol. The van der Waals surface area contributed by atoms with Crippen LogP contribution >= 0.6 is 0 Å². The summed E-state index contributed by atoms with van der Waals surface area (Å²) in [6, 6.07) is 7.19. The van der Waals surface area contributed by atoms with Crippen molar-refractivity contribution in [2.45, 2.75) is 24.8 Å². The minimum atomic E-state index is 0.261. The van der Waals surface area contributed by atoms with Crippen molar-refractivity contribution in [1.29, 1.82) is 0 Å². The molecule has 17 heavy (non-hydrogen) atoms. The van der Waals surface area contributed by atoms with Crippen molar-refractivity contribution in [2.24, 2.45) is 0 Å². The maximum absolute atomic E-state index is 5.80. The van der Waals surface area contributed by atoms with Gasteiger partial charge in [-0.1, -0.05) is 19.1 Å². The van der Waals surface area contributed by atoms with Gasteiger partial charge >= 0.3 is 0 Å².